The van der Waals surface area contributed by atoms with Crippen molar-refractivity contribution >= 4 is 45.3 Å². The second-order valence-electron chi connectivity index (χ2n) is 3.42. The molecule has 0 fully saturated rings. The first-order valence-electron chi connectivity index (χ1n) is 4.90. The van der Waals surface area contributed by atoms with Crippen molar-refractivity contribution in [2.45, 2.75) is 0 Å². The maximum atomic E-state index is 13.6. The monoisotopic (exact) mass is 347 g/mol. The van der Waals surface area contributed by atoms with E-state index in [9.17, 15) is 13.6 Å². The van der Waals surface area contributed by atoms with Crippen LogP contribution in [-0.2, 0) is 0 Å². The van der Waals surface area contributed by atoms with Crippen molar-refractivity contribution in [1.82, 2.24) is 9.97 Å². The van der Waals surface area contributed by atoms with Gasteiger partial charge in [-0.15, -0.1) is 0 Å². The Kier molecular flexibility index (Phi) is 4.06. The summed E-state index contributed by atoms with van der Waals surface area (Å²) in [6.07, 6.45) is 1.56. The second kappa shape index (κ2) is 5.58. The number of nitrogens with one attached hydrogen (secondary N) is 1. The fourth-order valence-corrected chi connectivity index (χ4v) is 1.85. The van der Waals surface area contributed by atoms with Crippen molar-refractivity contribution in [2.24, 2.45) is 0 Å². The molecule has 0 aliphatic carbocycles. The number of carbonyl (C=O) groups is 1. The molecule has 0 atom stereocenters. The number of rotatable bonds is 3. The highest BCUT2D eigenvalue weighted by Gasteiger charge is 2.13. The van der Waals surface area contributed by atoms with Crippen molar-refractivity contribution in [3.05, 3.63) is 45.3 Å². The van der Waals surface area contributed by atoms with Crippen LogP contribution < -0.4 is 5.32 Å². The summed E-state index contributed by atoms with van der Waals surface area (Å²) in [4.78, 5) is 18.3. The first-order chi connectivity index (χ1) is 9.02. The Balaban J connectivity index is 2.45. The summed E-state index contributed by atoms with van der Waals surface area (Å²) in [6.45, 7) is 0. The van der Waals surface area contributed by atoms with E-state index in [1.807, 2.05) is 0 Å². The Morgan fingerprint density at radius 3 is 2.68 bits per heavy atom. The first-order valence-corrected chi connectivity index (χ1v) is 6.07. The number of aldehydes is 1. The molecule has 0 unspecified atom stereocenters. The number of nitrogens with zero attached hydrogens (tertiary/aromatic N) is 2. The summed E-state index contributed by atoms with van der Waals surface area (Å²) >= 11 is 8.64. The molecule has 2 aromatic rings. The van der Waals surface area contributed by atoms with Crippen LogP contribution in [0, 0.1) is 11.6 Å². The summed E-state index contributed by atoms with van der Waals surface area (Å²) in [5, 5.41) is 2.50. The van der Waals surface area contributed by atoms with Crippen LogP contribution in [0.1, 0.15) is 10.4 Å². The molecule has 2 rings (SSSR count). The Bertz CT molecular complexity index is 654. The predicted octanol–water partition coefficient (Wildman–Crippen LogP) is 3.73. The molecule has 4 nitrogen and oxygen atoms in total. The van der Waals surface area contributed by atoms with E-state index in [0.717, 1.165) is 6.33 Å². The Labute approximate surface area is 120 Å². The van der Waals surface area contributed by atoms with Gasteiger partial charge in [0, 0.05) is 6.07 Å². The van der Waals surface area contributed by atoms with Crippen molar-refractivity contribution in [3.63, 3.8) is 0 Å². The molecule has 0 spiro atoms. The molecular formula is C11H5BrClF2N3O. The van der Waals surface area contributed by atoms with Gasteiger partial charge < -0.3 is 5.32 Å². The molecule has 0 bridgehead atoms. The predicted molar refractivity (Wildman–Crippen MR) is 69.8 cm³/mol. The van der Waals surface area contributed by atoms with Crippen LogP contribution in [0.25, 0.3) is 0 Å². The Morgan fingerprint density at radius 1 is 1.26 bits per heavy atom. The van der Waals surface area contributed by atoms with E-state index in [1.165, 1.54) is 6.07 Å². The van der Waals surface area contributed by atoms with E-state index in [2.05, 4.69) is 31.2 Å². The van der Waals surface area contributed by atoms with Gasteiger partial charge in [-0.25, -0.2) is 18.7 Å². The lowest BCUT2D eigenvalue weighted by atomic mass is 10.2. The number of aromatic nitrogens is 2. The van der Waals surface area contributed by atoms with Gasteiger partial charge in [0.2, 0.25) is 0 Å². The summed E-state index contributed by atoms with van der Waals surface area (Å²) in [5.41, 5.74) is -0.0600. The highest BCUT2D eigenvalue weighted by molar-refractivity contribution is 9.10. The van der Waals surface area contributed by atoms with Crippen LogP contribution in [0.4, 0.5) is 20.3 Å². The van der Waals surface area contributed by atoms with Gasteiger partial charge in [-0.1, -0.05) is 11.6 Å². The van der Waals surface area contributed by atoms with Crippen molar-refractivity contribution in [1.29, 1.82) is 0 Å². The topological polar surface area (TPSA) is 54.9 Å². The molecule has 0 aliphatic heterocycles. The largest absolute Gasteiger partial charge is 0.337 e. The fraction of sp³-hybridized carbons (Fsp3) is 0. The third kappa shape index (κ3) is 2.87. The zero-order valence-corrected chi connectivity index (χ0v) is 11.5. The minimum atomic E-state index is -0.827. The van der Waals surface area contributed by atoms with Gasteiger partial charge in [-0.3, -0.25) is 4.79 Å². The molecule has 1 aromatic carbocycles. The third-order valence-corrected chi connectivity index (χ3v) is 3.13. The van der Waals surface area contributed by atoms with Gasteiger partial charge in [-0.05, 0) is 22.0 Å². The van der Waals surface area contributed by atoms with Crippen LogP contribution in [0.3, 0.4) is 0 Å². The normalized spacial score (nSPS) is 10.3. The average molecular weight is 349 g/mol. The first kappa shape index (κ1) is 13.8. The lowest BCUT2D eigenvalue weighted by Gasteiger charge is -2.09. The van der Waals surface area contributed by atoms with Gasteiger partial charge in [-0.2, -0.15) is 0 Å². The molecule has 0 amide bonds. The quantitative estimate of drug-likeness (QED) is 0.522. The standard InChI is InChI=1S/C11H5BrClF2N3O/c12-6-1-9(8(15)2-7(6)14)18-11-5(3-19)10(13)16-4-17-11/h1-4H,(H,16,17,18). The van der Waals surface area contributed by atoms with Gasteiger partial charge >= 0.3 is 0 Å². The number of hydrogen-bond donors (Lipinski definition) is 1. The SMILES string of the molecule is O=Cc1c(Cl)ncnc1Nc1cc(Br)c(F)cc1F. The molecule has 0 aliphatic rings. The van der Waals surface area contributed by atoms with Crippen molar-refractivity contribution < 1.29 is 13.6 Å². The van der Waals surface area contributed by atoms with Gasteiger partial charge in [0.05, 0.1) is 15.7 Å². The van der Waals surface area contributed by atoms with E-state index in [-0.39, 0.29) is 26.7 Å². The van der Waals surface area contributed by atoms with Crippen LogP contribution >= 0.6 is 27.5 Å². The van der Waals surface area contributed by atoms with Gasteiger partial charge in [0.25, 0.3) is 0 Å². The van der Waals surface area contributed by atoms with E-state index >= 15 is 0 Å². The van der Waals surface area contributed by atoms with E-state index in [0.29, 0.717) is 12.4 Å². The summed E-state index contributed by atoms with van der Waals surface area (Å²) in [5.74, 6) is -1.53. The minimum absolute atomic E-state index is 0.0102. The number of hydrogen-bond acceptors (Lipinski definition) is 4. The van der Waals surface area contributed by atoms with Crippen LogP contribution in [0.5, 0.6) is 0 Å². The van der Waals surface area contributed by atoms with Crippen LogP contribution in [-0.4, -0.2) is 16.3 Å². The zero-order chi connectivity index (χ0) is 14.0. The molecule has 0 radical (unpaired) electrons. The van der Waals surface area contributed by atoms with E-state index in [1.54, 1.807) is 0 Å². The highest BCUT2D eigenvalue weighted by atomic mass is 79.9. The number of halogens is 4. The smallest absolute Gasteiger partial charge is 0.156 e. The molecule has 1 N–H and O–H groups in total. The molecule has 0 saturated carbocycles. The molecule has 19 heavy (non-hydrogen) atoms. The molecule has 1 heterocycles. The third-order valence-electron chi connectivity index (χ3n) is 2.22. The van der Waals surface area contributed by atoms with Crippen molar-refractivity contribution in [3.8, 4) is 0 Å². The van der Waals surface area contributed by atoms with Crippen LogP contribution in [0.2, 0.25) is 5.15 Å². The lowest BCUT2D eigenvalue weighted by Crippen LogP contribution is -2.02. The lowest BCUT2D eigenvalue weighted by molar-refractivity contribution is 0.112. The maximum Gasteiger partial charge on any atom is 0.156 e. The molecule has 98 valence electrons. The van der Waals surface area contributed by atoms with Crippen LogP contribution in [0.15, 0.2) is 22.9 Å². The van der Waals surface area contributed by atoms with E-state index in [4.69, 9.17) is 11.6 Å². The minimum Gasteiger partial charge on any atom is -0.337 e. The molecule has 1 aromatic heterocycles. The van der Waals surface area contributed by atoms with Gasteiger partial charge in [0.15, 0.2) is 6.29 Å². The number of benzene rings is 1. The summed E-state index contributed by atoms with van der Waals surface area (Å²) in [6, 6.07) is 1.89. The molecule has 8 heteroatoms. The Hall–Kier alpha value is -1.60. The maximum absolute atomic E-state index is 13.6. The zero-order valence-electron chi connectivity index (χ0n) is 9.12. The second-order valence-corrected chi connectivity index (χ2v) is 4.63. The number of anilines is 2. The number of carbonyl (C=O) groups excluding carboxylic acids is 1. The Morgan fingerprint density at radius 2 is 2.00 bits per heavy atom. The van der Waals surface area contributed by atoms with Gasteiger partial charge in [0.1, 0.15) is 28.9 Å². The summed E-state index contributed by atoms with van der Waals surface area (Å²) < 4.78 is 26.7. The summed E-state index contributed by atoms with van der Waals surface area (Å²) in [7, 11) is 0. The highest BCUT2D eigenvalue weighted by Crippen LogP contribution is 2.27. The van der Waals surface area contributed by atoms with Crippen molar-refractivity contribution in [2.75, 3.05) is 5.32 Å². The fourth-order valence-electron chi connectivity index (χ4n) is 1.32. The molecular weight excluding hydrogens is 343 g/mol. The molecule has 0 saturated heterocycles. The van der Waals surface area contributed by atoms with E-state index < -0.39 is 11.6 Å². The average Bonchev–Trinajstić information content (AvgIpc) is 2.36.